The second-order valence-corrected chi connectivity index (χ2v) is 5.50. The molecule has 1 saturated heterocycles. The van der Waals surface area contributed by atoms with Crippen LogP contribution < -0.4 is 0 Å². The number of hydrogen-bond donors (Lipinski definition) is 0. The van der Waals surface area contributed by atoms with Crippen LogP contribution in [0.25, 0.3) is 0 Å². The van der Waals surface area contributed by atoms with Gasteiger partial charge in [0.25, 0.3) is 0 Å². The van der Waals surface area contributed by atoms with E-state index in [1.54, 1.807) is 6.07 Å². The van der Waals surface area contributed by atoms with Crippen molar-refractivity contribution in [3.05, 3.63) is 0 Å². The smallest absolute Gasteiger partial charge is 0.339 e. The number of hydrogen-bond acceptors (Lipinski definition) is 12. The van der Waals surface area contributed by atoms with Gasteiger partial charge in [0.15, 0.2) is 18.3 Å². The molecule has 0 aromatic rings. The zero-order valence-electron chi connectivity index (χ0n) is 15.5. The van der Waals surface area contributed by atoms with E-state index in [1.807, 2.05) is 0 Å². The van der Waals surface area contributed by atoms with Gasteiger partial charge in [-0.1, -0.05) is 0 Å². The summed E-state index contributed by atoms with van der Waals surface area (Å²) in [6, 6.07) is 1.55. The van der Waals surface area contributed by atoms with Crippen LogP contribution in [-0.2, 0) is 52.4 Å². The highest BCUT2D eigenvalue weighted by atomic mass is 16.7. The van der Waals surface area contributed by atoms with Crippen LogP contribution >= 0.6 is 0 Å². The van der Waals surface area contributed by atoms with Crippen molar-refractivity contribution in [2.24, 2.45) is 0 Å². The summed E-state index contributed by atoms with van der Waals surface area (Å²) in [6.07, 6.45) is -8.81. The molecule has 28 heavy (non-hydrogen) atoms. The van der Waals surface area contributed by atoms with Crippen molar-refractivity contribution >= 4 is 29.8 Å². The van der Waals surface area contributed by atoms with Crippen molar-refractivity contribution in [2.45, 2.75) is 57.9 Å². The molecule has 0 N–H and O–H groups in total. The van der Waals surface area contributed by atoms with Crippen molar-refractivity contribution < 1.29 is 52.4 Å². The quantitative estimate of drug-likeness (QED) is 0.400. The highest BCUT2D eigenvalue weighted by molar-refractivity contribution is 5.77. The lowest BCUT2D eigenvalue weighted by Crippen LogP contribution is -2.64. The van der Waals surface area contributed by atoms with Gasteiger partial charge in [0.05, 0.1) is 13.2 Å². The first-order valence-corrected chi connectivity index (χ1v) is 7.92. The molecule has 154 valence electrons. The molecule has 0 saturated carbocycles. The van der Waals surface area contributed by atoms with E-state index >= 15 is 0 Å². The standard InChI is InChI=1S/C16H19NO11/c1-7(18)24-11-12(25-8(2)19)14(26-9(3)20)16(27-10(21)5-6-17)28-13(11)15(22)23-4/h11-14,16H,5H2,1-4H3. The van der Waals surface area contributed by atoms with E-state index in [4.69, 9.17) is 28.9 Å². The predicted octanol–water partition coefficient (Wildman–Crippen LogP) is -0.864. The normalized spacial score (nSPS) is 26.2. The van der Waals surface area contributed by atoms with Crippen LogP contribution in [0.4, 0.5) is 0 Å². The maximum atomic E-state index is 12.1. The molecule has 5 atom stereocenters. The Kier molecular flexibility index (Phi) is 8.33. The van der Waals surface area contributed by atoms with E-state index in [0.29, 0.717) is 0 Å². The number of nitriles is 1. The van der Waals surface area contributed by atoms with Crippen molar-refractivity contribution in [1.29, 1.82) is 5.26 Å². The Morgan fingerprint density at radius 3 is 1.82 bits per heavy atom. The van der Waals surface area contributed by atoms with E-state index in [1.165, 1.54) is 0 Å². The number of carbonyl (C=O) groups excluding carboxylic acids is 5. The van der Waals surface area contributed by atoms with Gasteiger partial charge in [-0.3, -0.25) is 19.2 Å². The van der Waals surface area contributed by atoms with Gasteiger partial charge in [-0.25, -0.2) is 4.79 Å². The first kappa shape index (κ1) is 22.8. The summed E-state index contributed by atoms with van der Waals surface area (Å²) in [5.74, 6) is -4.69. The molecule has 1 aliphatic heterocycles. The van der Waals surface area contributed by atoms with Gasteiger partial charge in [-0.15, -0.1) is 0 Å². The molecular formula is C16H19NO11. The lowest BCUT2D eigenvalue weighted by atomic mass is 9.97. The molecule has 12 heteroatoms. The summed E-state index contributed by atoms with van der Waals surface area (Å²) in [5.41, 5.74) is 0. The Balaban J connectivity index is 3.38. The number of esters is 5. The highest BCUT2D eigenvalue weighted by Crippen LogP contribution is 2.30. The number of nitrogens with zero attached hydrogens (tertiary/aromatic N) is 1. The van der Waals surface area contributed by atoms with Gasteiger partial charge < -0.3 is 28.4 Å². The molecule has 1 fully saturated rings. The van der Waals surface area contributed by atoms with E-state index in [-0.39, 0.29) is 0 Å². The fourth-order valence-corrected chi connectivity index (χ4v) is 2.41. The van der Waals surface area contributed by atoms with E-state index in [0.717, 1.165) is 27.9 Å². The molecule has 0 radical (unpaired) electrons. The van der Waals surface area contributed by atoms with Gasteiger partial charge in [-0.2, -0.15) is 5.26 Å². The van der Waals surface area contributed by atoms with Crippen LogP contribution in [0.2, 0.25) is 0 Å². The van der Waals surface area contributed by atoms with Gasteiger partial charge in [0, 0.05) is 20.8 Å². The molecule has 0 aromatic carbocycles. The highest BCUT2D eigenvalue weighted by Gasteiger charge is 2.56. The topological polar surface area (TPSA) is 165 Å². The molecule has 1 heterocycles. The average Bonchev–Trinajstić information content (AvgIpc) is 2.58. The van der Waals surface area contributed by atoms with Crippen LogP contribution in [0.3, 0.4) is 0 Å². The first-order valence-electron chi connectivity index (χ1n) is 7.92. The second-order valence-electron chi connectivity index (χ2n) is 5.50. The van der Waals surface area contributed by atoms with Gasteiger partial charge >= 0.3 is 29.8 Å². The third-order valence-electron chi connectivity index (χ3n) is 3.31. The van der Waals surface area contributed by atoms with Crippen molar-refractivity contribution in [1.82, 2.24) is 0 Å². The van der Waals surface area contributed by atoms with Crippen molar-refractivity contribution in [2.75, 3.05) is 7.11 Å². The summed E-state index contributed by atoms with van der Waals surface area (Å²) >= 11 is 0. The Hall–Kier alpha value is -3.20. The third kappa shape index (κ3) is 6.20. The minimum Gasteiger partial charge on any atom is -0.467 e. The molecule has 0 aromatic heterocycles. The van der Waals surface area contributed by atoms with Gasteiger partial charge in [0.1, 0.15) is 6.42 Å². The van der Waals surface area contributed by atoms with Crippen LogP contribution in [0.5, 0.6) is 0 Å². The van der Waals surface area contributed by atoms with Crippen LogP contribution in [-0.4, -0.2) is 67.7 Å². The summed E-state index contributed by atoms with van der Waals surface area (Å²) in [5, 5.41) is 8.59. The molecule has 1 aliphatic rings. The zero-order valence-corrected chi connectivity index (χ0v) is 15.5. The van der Waals surface area contributed by atoms with Crippen LogP contribution in [0, 0.1) is 11.3 Å². The lowest BCUT2D eigenvalue weighted by Gasteiger charge is -2.42. The third-order valence-corrected chi connectivity index (χ3v) is 3.31. The fraction of sp³-hybridized carbons (Fsp3) is 0.625. The van der Waals surface area contributed by atoms with Gasteiger partial charge in [0.2, 0.25) is 12.4 Å². The number of carbonyl (C=O) groups is 5. The Morgan fingerprint density at radius 1 is 0.857 bits per heavy atom. The molecule has 0 aliphatic carbocycles. The second kappa shape index (κ2) is 10.2. The number of methoxy groups -OCH3 is 1. The monoisotopic (exact) mass is 401 g/mol. The molecule has 1 rings (SSSR count). The lowest BCUT2D eigenvalue weighted by molar-refractivity contribution is -0.294. The van der Waals surface area contributed by atoms with Crippen molar-refractivity contribution in [3.63, 3.8) is 0 Å². The predicted molar refractivity (Wildman–Crippen MR) is 83.7 cm³/mol. The van der Waals surface area contributed by atoms with E-state index in [9.17, 15) is 24.0 Å². The number of rotatable bonds is 6. The molecular weight excluding hydrogens is 382 g/mol. The summed E-state index contributed by atoms with van der Waals surface area (Å²) in [6.45, 7) is 3.07. The Morgan fingerprint density at radius 2 is 1.36 bits per heavy atom. The van der Waals surface area contributed by atoms with E-state index in [2.05, 4.69) is 4.74 Å². The van der Waals surface area contributed by atoms with Crippen molar-refractivity contribution in [3.8, 4) is 6.07 Å². The summed E-state index contributed by atoms with van der Waals surface area (Å²) in [4.78, 5) is 58.3. The van der Waals surface area contributed by atoms with Gasteiger partial charge in [-0.05, 0) is 0 Å². The maximum Gasteiger partial charge on any atom is 0.339 e. The summed E-state index contributed by atoms with van der Waals surface area (Å²) < 4.78 is 30.0. The average molecular weight is 401 g/mol. The first-order chi connectivity index (χ1) is 13.1. The molecule has 5 unspecified atom stereocenters. The zero-order chi connectivity index (χ0) is 21.4. The minimum absolute atomic E-state index is 0.666. The maximum absolute atomic E-state index is 12.1. The fourth-order valence-electron chi connectivity index (χ4n) is 2.41. The Labute approximate surface area is 159 Å². The molecule has 12 nitrogen and oxygen atoms in total. The minimum atomic E-state index is -1.75. The molecule has 0 amide bonds. The number of ether oxygens (including phenoxy) is 6. The van der Waals surface area contributed by atoms with Crippen LogP contribution in [0.1, 0.15) is 27.2 Å². The largest absolute Gasteiger partial charge is 0.467 e. The molecule has 0 bridgehead atoms. The van der Waals surface area contributed by atoms with Crippen LogP contribution in [0.15, 0.2) is 0 Å². The van der Waals surface area contributed by atoms with E-state index < -0.39 is 67.0 Å². The summed E-state index contributed by atoms with van der Waals surface area (Å²) in [7, 11) is 1.02. The Bertz CT molecular complexity index is 683. The SMILES string of the molecule is COC(=O)C1OC(OC(=O)CC#N)C(OC(C)=O)C(OC(C)=O)C1OC(C)=O. The molecule has 0 spiro atoms.